The quantitative estimate of drug-likeness (QED) is 0.127. The predicted molar refractivity (Wildman–Crippen MR) is 139 cm³/mol. The van der Waals surface area contributed by atoms with Gasteiger partial charge in [0.15, 0.2) is 0 Å². The molecule has 1 aliphatic carbocycles. The van der Waals surface area contributed by atoms with Gasteiger partial charge in [-0.15, -0.1) is 0 Å². The number of nitrogens with one attached hydrogen (secondary N) is 1. The molecule has 0 aliphatic heterocycles. The van der Waals surface area contributed by atoms with Crippen LogP contribution in [-0.2, 0) is 20.5 Å². The van der Waals surface area contributed by atoms with E-state index in [1.54, 1.807) is 12.1 Å². The number of carbonyl (C=O) groups excluding carboxylic acids is 1. The molecule has 6 nitrogen and oxygen atoms in total. The number of hydrogen-bond donors (Lipinski definition) is 2. The monoisotopic (exact) mass is 527 g/mol. The van der Waals surface area contributed by atoms with Gasteiger partial charge in [0.05, 0.1) is 7.11 Å². The lowest BCUT2D eigenvalue weighted by Crippen LogP contribution is -2.38. The normalized spacial score (nSPS) is 20.7. The summed E-state index contributed by atoms with van der Waals surface area (Å²) in [5.41, 5.74) is -0.862. The Morgan fingerprint density at radius 1 is 1.36 bits per heavy atom. The van der Waals surface area contributed by atoms with Gasteiger partial charge in [0, 0.05) is 18.4 Å². The summed E-state index contributed by atoms with van der Waals surface area (Å²) in [7, 11) is -3.88. The molecule has 0 fully saturated rings. The zero-order chi connectivity index (χ0) is 27.3. The summed E-state index contributed by atoms with van der Waals surface area (Å²) >= 11 is 0. The maximum atomic E-state index is 14.8. The van der Waals surface area contributed by atoms with E-state index in [0.717, 1.165) is 50.4 Å². The predicted octanol–water partition coefficient (Wildman–Crippen LogP) is 7.48. The lowest BCUT2D eigenvalue weighted by Gasteiger charge is -2.34. The average Bonchev–Trinajstić information content (AvgIpc) is 2.77. The van der Waals surface area contributed by atoms with Crippen LogP contribution in [0.25, 0.3) is 0 Å². The number of rotatable bonds is 12. The van der Waals surface area contributed by atoms with Crippen molar-refractivity contribution < 1.29 is 32.5 Å². The third-order valence-corrected chi connectivity index (χ3v) is 8.84. The first kappa shape index (κ1) is 30.0. The van der Waals surface area contributed by atoms with Crippen LogP contribution in [-0.4, -0.2) is 29.9 Å². The molecule has 1 aromatic carbocycles. The molecular formula is C27H40F2NO5P. The SMILES string of the molecule is C=C(C)C1CCC(C)=CC1c1c(O)cc(CCCCC)cc1OP(=O)(N[C@@H](C)C(=O)OC)C(C)(F)F. The number of methoxy groups -OCH3 is 1. The van der Waals surface area contributed by atoms with E-state index in [9.17, 15) is 23.2 Å². The second-order valence-corrected chi connectivity index (χ2v) is 12.2. The summed E-state index contributed by atoms with van der Waals surface area (Å²) in [6.45, 7) is 11.8. The van der Waals surface area contributed by atoms with Gasteiger partial charge in [0.2, 0.25) is 0 Å². The molecule has 0 bridgehead atoms. The van der Waals surface area contributed by atoms with Gasteiger partial charge in [0.25, 0.3) is 0 Å². The van der Waals surface area contributed by atoms with Crippen LogP contribution in [0.4, 0.5) is 8.78 Å². The first-order valence-electron chi connectivity index (χ1n) is 12.5. The Morgan fingerprint density at radius 3 is 2.58 bits per heavy atom. The van der Waals surface area contributed by atoms with Crippen LogP contribution >= 0.6 is 7.52 Å². The molecule has 2 N–H and O–H groups in total. The van der Waals surface area contributed by atoms with Gasteiger partial charge in [-0.05, 0) is 70.1 Å². The number of unbranched alkanes of at least 4 members (excludes halogenated alkanes) is 2. The number of phenolic OH excluding ortho intramolecular Hbond substituents is 1. The first-order chi connectivity index (χ1) is 16.7. The molecule has 2 rings (SSSR count). The number of carbonyl (C=O) groups is 1. The molecule has 1 aliphatic rings. The smallest absolute Gasteiger partial charge is 0.385 e. The van der Waals surface area contributed by atoms with E-state index >= 15 is 0 Å². The van der Waals surface area contributed by atoms with Crippen molar-refractivity contribution >= 4 is 13.5 Å². The fourth-order valence-electron chi connectivity index (χ4n) is 4.55. The Labute approximate surface area is 213 Å². The Hall–Kier alpha value is -2.18. The molecule has 0 heterocycles. The van der Waals surface area contributed by atoms with Gasteiger partial charge in [0.1, 0.15) is 17.5 Å². The van der Waals surface area contributed by atoms with E-state index in [-0.39, 0.29) is 17.4 Å². The highest BCUT2D eigenvalue weighted by Crippen LogP contribution is 2.59. The summed E-state index contributed by atoms with van der Waals surface area (Å²) in [5.74, 6) is -1.50. The minimum atomic E-state index is -4.99. The fourth-order valence-corrected chi connectivity index (χ4v) is 6.03. The third-order valence-electron chi connectivity index (χ3n) is 6.62. The first-order valence-corrected chi connectivity index (χ1v) is 14.1. The molecule has 0 spiro atoms. The number of benzene rings is 1. The summed E-state index contributed by atoms with van der Waals surface area (Å²) in [6, 6.07) is 1.90. The topological polar surface area (TPSA) is 84.9 Å². The Bertz CT molecular complexity index is 1030. The van der Waals surface area contributed by atoms with Crippen LogP contribution < -0.4 is 9.61 Å². The lowest BCUT2D eigenvalue weighted by atomic mass is 9.73. The van der Waals surface area contributed by atoms with Crippen LogP contribution in [0.5, 0.6) is 11.5 Å². The zero-order valence-corrected chi connectivity index (χ0v) is 23.1. The van der Waals surface area contributed by atoms with Gasteiger partial charge >= 0.3 is 19.2 Å². The Kier molecular flexibility index (Phi) is 10.3. The van der Waals surface area contributed by atoms with Crippen molar-refractivity contribution in [3.63, 3.8) is 0 Å². The van der Waals surface area contributed by atoms with Crippen molar-refractivity contribution in [2.24, 2.45) is 5.92 Å². The van der Waals surface area contributed by atoms with E-state index in [1.807, 2.05) is 19.9 Å². The number of phenols is 1. The zero-order valence-electron chi connectivity index (χ0n) is 22.2. The lowest BCUT2D eigenvalue weighted by molar-refractivity contribution is -0.142. The summed E-state index contributed by atoms with van der Waals surface area (Å²) in [5, 5.41) is 13.4. The largest absolute Gasteiger partial charge is 0.507 e. The molecule has 4 atom stereocenters. The Balaban J connectivity index is 2.68. The molecule has 36 heavy (non-hydrogen) atoms. The van der Waals surface area contributed by atoms with E-state index in [2.05, 4.69) is 23.3 Å². The van der Waals surface area contributed by atoms with Crippen molar-refractivity contribution in [2.45, 2.75) is 90.8 Å². The number of ether oxygens (including phenoxy) is 1. The standard InChI is InChI=1S/C27H40F2NO5P/c1-8-9-10-11-20-15-23(31)25(22-14-18(4)12-13-21(22)17(2)3)24(16-20)35-36(33,27(6,28)29)30-19(5)26(32)34-7/h14-16,19,21-22,31H,2,8-13H2,1,3-7H3,(H,30,33)/t19-,21?,22?,36?/m0/s1. The van der Waals surface area contributed by atoms with Crippen molar-refractivity contribution in [1.29, 1.82) is 0 Å². The minimum Gasteiger partial charge on any atom is -0.507 e. The number of halogens is 2. The number of allylic oxidation sites excluding steroid dienone is 3. The second-order valence-electron chi connectivity index (χ2n) is 9.87. The summed E-state index contributed by atoms with van der Waals surface area (Å²) < 4.78 is 53.5. The second kappa shape index (κ2) is 12.4. The third kappa shape index (κ3) is 7.19. The maximum Gasteiger partial charge on any atom is 0.385 e. The van der Waals surface area contributed by atoms with Crippen molar-refractivity contribution in [1.82, 2.24) is 5.09 Å². The van der Waals surface area contributed by atoms with Crippen molar-refractivity contribution in [3.8, 4) is 11.5 Å². The summed E-state index contributed by atoms with van der Waals surface area (Å²) in [6.07, 6.45) is 7.01. The maximum absolute atomic E-state index is 14.8. The van der Waals surface area contributed by atoms with Crippen LogP contribution in [0.15, 0.2) is 35.9 Å². The average molecular weight is 528 g/mol. The molecule has 0 amide bonds. The molecule has 3 unspecified atom stereocenters. The summed E-state index contributed by atoms with van der Waals surface area (Å²) in [4.78, 5) is 11.9. The highest BCUT2D eigenvalue weighted by atomic mass is 31.2. The van der Waals surface area contributed by atoms with Gasteiger partial charge < -0.3 is 14.4 Å². The number of aryl methyl sites for hydroxylation is 1. The molecule has 0 saturated carbocycles. The molecule has 0 radical (unpaired) electrons. The number of alkyl halides is 2. The van der Waals surface area contributed by atoms with Gasteiger partial charge in [-0.3, -0.25) is 9.36 Å². The Morgan fingerprint density at radius 2 is 2.03 bits per heavy atom. The minimum absolute atomic E-state index is 0.0589. The van der Waals surface area contributed by atoms with E-state index < -0.39 is 31.1 Å². The molecular weight excluding hydrogens is 487 g/mol. The number of aromatic hydroxyl groups is 1. The highest BCUT2D eigenvalue weighted by molar-refractivity contribution is 7.58. The van der Waals surface area contributed by atoms with Gasteiger partial charge in [-0.25, -0.2) is 5.09 Å². The number of hydrogen-bond acceptors (Lipinski definition) is 5. The van der Waals surface area contributed by atoms with Crippen molar-refractivity contribution in [2.75, 3.05) is 7.11 Å². The van der Waals surface area contributed by atoms with Gasteiger partial charge in [-0.1, -0.05) is 43.6 Å². The number of esters is 1. The fraction of sp³-hybridized carbons (Fsp3) is 0.593. The van der Waals surface area contributed by atoms with Crippen LogP contribution in [0, 0.1) is 5.92 Å². The van der Waals surface area contributed by atoms with E-state index in [1.165, 1.54) is 6.92 Å². The van der Waals surface area contributed by atoms with Crippen LogP contribution in [0.2, 0.25) is 0 Å². The van der Waals surface area contributed by atoms with Crippen LogP contribution in [0.3, 0.4) is 0 Å². The van der Waals surface area contributed by atoms with E-state index in [0.29, 0.717) is 24.5 Å². The molecule has 202 valence electrons. The highest BCUT2D eigenvalue weighted by Gasteiger charge is 2.51. The molecule has 1 aromatic rings. The van der Waals surface area contributed by atoms with Crippen LogP contribution in [0.1, 0.15) is 83.8 Å². The molecule has 9 heteroatoms. The molecule has 0 saturated heterocycles. The molecule has 0 aromatic heterocycles. The van der Waals surface area contributed by atoms with Gasteiger partial charge in [-0.2, -0.15) is 8.78 Å². The van der Waals surface area contributed by atoms with E-state index in [4.69, 9.17) is 4.52 Å². The van der Waals surface area contributed by atoms with Crippen molar-refractivity contribution in [3.05, 3.63) is 47.1 Å².